The average Bonchev–Trinajstić information content (AvgIpc) is 3.15. The Hall–Kier alpha value is -4.97. The molecule has 0 fully saturated rings. The molecule has 1 heterocycles. The SMILES string of the molecule is O=C(O)c1ccc2c(c1)N(C(=O)c1cccc3ccccc13)CCN(C(=O)c1cccc3ccccc13)C2. The van der Waals surface area contributed by atoms with Gasteiger partial charge >= 0.3 is 5.97 Å². The maximum Gasteiger partial charge on any atom is 0.335 e. The Morgan fingerprint density at radius 1 is 0.632 bits per heavy atom. The number of amides is 2. The summed E-state index contributed by atoms with van der Waals surface area (Å²) in [7, 11) is 0. The molecule has 0 bridgehead atoms. The number of hydrogen-bond acceptors (Lipinski definition) is 3. The van der Waals surface area contributed by atoms with E-state index in [1.807, 2.05) is 78.9 Å². The second-order valence-electron chi connectivity index (χ2n) is 9.39. The number of carboxylic acid groups (broad SMARTS) is 1. The van der Waals surface area contributed by atoms with Gasteiger partial charge in [0.15, 0.2) is 0 Å². The fourth-order valence-corrected chi connectivity index (χ4v) is 5.23. The fourth-order valence-electron chi connectivity index (χ4n) is 5.23. The maximum absolute atomic E-state index is 14.0. The molecule has 0 atom stereocenters. The summed E-state index contributed by atoms with van der Waals surface area (Å²) in [6.45, 7) is 0.793. The first-order chi connectivity index (χ1) is 18.5. The molecule has 1 aliphatic heterocycles. The Morgan fingerprint density at radius 3 is 1.84 bits per heavy atom. The normalized spacial score (nSPS) is 13.3. The molecule has 0 aromatic heterocycles. The number of rotatable bonds is 3. The Morgan fingerprint density at radius 2 is 1.21 bits per heavy atom. The third-order valence-corrected chi connectivity index (χ3v) is 7.15. The molecule has 38 heavy (non-hydrogen) atoms. The Labute approximate surface area is 219 Å². The van der Waals surface area contributed by atoms with Gasteiger partial charge in [-0.1, -0.05) is 78.9 Å². The second kappa shape index (κ2) is 9.48. The molecule has 1 aliphatic rings. The molecule has 5 aromatic carbocycles. The molecule has 2 amide bonds. The Balaban J connectivity index is 1.43. The lowest BCUT2D eigenvalue weighted by Gasteiger charge is -2.24. The van der Waals surface area contributed by atoms with Crippen LogP contribution in [0.5, 0.6) is 0 Å². The molecule has 0 spiro atoms. The van der Waals surface area contributed by atoms with Crippen LogP contribution in [0.15, 0.2) is 103 Å². The lowest BCUT2D eigenvalue weighted by Crippen LogP contribution is -2.38. The highest BCUT2D eigenvalue weighted by atomic mass is 16.4. The van der Waals surface area contributed by atoms with Crippen molar-refractivity contribution in [3.8, 4) is 0 Å². The first kappa shape index (κ1) is 23.4. The summed E-state index contributed by atoms with van der Waals surface area (Å²) >= 11 is 0. The summed E-state index contributed by atoms with van der Waals surface area (Å²) in [4.78, 5) is 43.0. The van der Waals surface area contributed by atoms with Crippen molar-refractivity contribution in [1.82, 2.24) is 4.90 Å². The lowest BCUT2D eigenvalue weighted by molar-refractivity contribution is 0.0695. The summed E-state index contributed by atoms with van der Waals surface area (Å²) < 4.78 is 0. The molecule has 6 rings (SSSR count). The highest BCUT2D eigenvalue weighted by Crippen LogP contribution is 2.31. The number of carboxylic acids is 1. The minimum absolute atomic E-state index is 0.0910. The van der Waals surface area contributed by atoms with Crippen molar-refractivity contribution < 1.29 is 19.5 Å². The quantitative estimate of drug-likeness (QED) is 0.330. The summed E-state index contributed by atoms with van der Waals surface area (Å²) in [5.74, 6) is -1.43. The van der Waals surface area contributed by atoms with E-state index in [9.17, 15) is 19.5 Å². The van der Waals surface area contributed by atoms with Crippen molar-refractivity contribution in [2.45, 2.75) is 6.54 Å². The van der Waals surface area contributed by atoms with E-state index >= 15 is 0 Å². The van der Waals surface area contributed by atoms with Crippen molar-refractivity contribution in [2.24, 2.45) is 0 Å². The molecule has 0 saturated carbocycles. The predicted octanol–water partition coefficient (Wildman–Crippen LogP) is 5.99. The van der Waals surface area contributed by atoms with E-state index in [2.05, 4.69) is 0 Å². The first-order valence-corrected chi connectivity index (χ1v) is 12.4. The van der Waals surface area contributed by atoms with Gasteiger partial charge in [0.25, 0.3) is 11.8 Å². The second-order valence-corrected chi connectivity index (χ2v) is 9.39. The minimum atomic E-state index is -1.07. The van der Waals surface area contributed by atoms with E-state index in [0.717, 1.165) is 27.1 Å². The number of carbonyl (C=O) groups is 3. The molecule has 0 radical (unpaired) electrons. The summed E-state index contributed by atoms with van der Waals surface area (Å²) in [5, 5.41) is 13.3. The van der Waals surface area contributed by atoms with Crippen LogP contribution < -0.4 is 4.90 Å². The molecule has 0 unspecified atom stereocenters. The van der Waals surface area contributed by atoms with Gasteiger partial charge in [0.2, 0.25) is 0 Å². The van der Waals surface area contributed by atoms with Crippen molar-refractivity contribution in [1.29, 1.82) is 0 Å². The summed E-state index contributed by atoms with van der Waals surface area (Å²) in [6.07, 6.45) is 0. The molecule has 1 N–H and O–H groups in total. The number of aromatic carboxylic acids is 1. The zero-order valence-electron chi connectivity index (χ0n) is 20.5. The van der Waals surface area contributed by atoms with Gasteiger partial charge in [0.05, 0.1) is 5.56 Å². The number of carbonyl (C=O) groups excluding carboxylic acids is 2. The van der Waals surface area contributed by atoms with E-state index < -0.39 is 5.97 Å². The zero-order chi connectivity index (χ0) is 26.2. The fraction of sp³-hybridized carbons (Fsp3) is 0.0938. The van der Waals surface area contributed by atoms with Gasteiger partial charge in [0, 0.05) is 36.4 Å². The molecule has 0 aliphatic carbocycles. The van der Waals surface area contributed by atoms with Gasteiger partial charge in [-0.25, -0.2) is 4.79 Å². The van der Waals surface area contributed by atoms with Gasteiger partial charge < -0.3 is 14.9 Å². The number of fused-ring (bicyclic) bond motifs is 3. The molecular weight excluding hydrogens is 476 g/mol. The number of anilines is 1. The van der Waals surface area contributed by atoms with E-state index in [-0.39, 0.29) is 30.5 Å². The monoisotopic (exact) mass is 500 g/mol. The average molecular weight is 501 g/mol. The molecule has 6 heteroatoms. The smallest absolute Gasteiger partial charge is 0.335 e. The first-order valence-electron chi connectivity index (χ1n) is 12.4. The summed E-state index contributed by atoms with van der Waals surface area (Å²) in [6, 6.07) is 31.5. The van der Waals surface area contributed by atoms with E-state index in [0.29, 0.717) is 23.4 Å². The summed E-state index contributed by atoms with van der Waals surface area (Å²) in [5.41, 5.74) is 2.45. The number of hydrogen-bond donors (Lipinski definition) is 1. The van der Waals surface area contributed by atoms with Crippen molar-refractivity contribution in [2.75, 3.05) is 18.0 Å². The van der Waals surface area contributed by atoms with Gasteiger partial charge in [0.1, 0.15) is 0 Å². The van der Waals surface area contributed by atoms with Crippen LogP contribution in [0.2, 0.25) is 0 Å². The van der Waals surface area contributed by atoms with Gasteiger partial charge in [-0.3, -0.25) is 9.59 Å². The minimum Gasteiger partial charge on any atom is -0.478 e. The zero-order valence-corrected chi connectivity index (χ0v) is 20.5. The van der Waals surface area contributed by atoms with Crippen LogP contribution in [0.1, 0.15) is 36.6 Å². The van der Waals surface area contributed by atoms with Crippen molar-refractivity contribution in [3.05, 3.63) is 125 Å². The van der Waals surface area contributed by atoms with Crippen LogP contribution in [0.4, 0.5) is 5.69 Å². The number of benzene rings is 5. The molecule has 186 valence electrons. The highest BCUT2D eigenvalue weighted by Gasteiger charge is 2.29. The predicted molar refractivity (Wildman–Crippen MR) is 148 cm³/mol. The van der Waals surface area contributed by atoms with E-state index in [4.69, 9.17) is 0 Å². The highest BCUT2D eigenvalue weighted by molar-refractivity contribution is 6.15. The van der Waals surface area contributed by atoms with Gasteiger partial charge in [-0.15, -0.1) is 0 Å². The van der Waals surface area contributed by atoms with Crippen LogP contribution in [-0.2, 0) is 6.54 Å². The van der Waals surface area contributed by atoms with Crippen LogP contribution in [0, 0.1) is 0 Å². The number of nitrogens with zero attached hydrogens (tertiary/aromatic N) is 2. The third-order valence-electron chi connectivity index (χ3n) is 7.15. The lowest BCUT2D eigenvalue weighted by atomic mass is 10.0. The van der Waals surface area contributed by atoms with E-state index in [1.54, 1.807) is 21.9 Å². The maximum atomic E-state index is 14.0. The largest absolute Gasteiger partial charge is 0.478 e. The Bertz CT molecular complexity index is 1730. The molecule has 6 nitrogen and oxygen atoms in total. The van der Waals surface area contributed by atoms with Crippen LogP contribution in [-0.4, -0.2) is 40.9 Å². The van der Waals surface area contributed by atoms with E-state index in [1.165, 1.54) is 12.1 Å². The van der Waals surface area contributed by atoms with Crippen LogP contribution in [0.3, 0.4) is 0 Å². The van der Waals surface area contributed by atoms with Crippen LogP contribution in [0.25, 0.3) is 21.5 Å². The van der Waals surface area contributed by atoms with Crippen LogP contribution >= 0.6 is 0 Å². The topological polar surface area (TPSA) is 77.9 Å². The molecule has 5 aromatic rings. The standard InChI is InChI=1S/C32H24N2O4/c35-30(27-13-5-9-21-7-1-3-11-25(21)27)33-17-18-34(29-19-23(32(37)38)15-16-24(29)20-33)31(36)28-14-6-10-22-8-2-4-12-26(22)28/h1-16,19H,17-18,20H2,(H,37,38). The third kappa shape index (κ3) is 4.06. The van der Waals surface area contributed by atoms with Crippen molar-refractivity contribution in [3.63, 3.8) is 0 Å². The van der Waals surface area contributed by atoms with Gasteiger partial charge in [-0.2, -0.15) is 0 Å². The van der Waals surface area contributed by atoms with Gasteiger partial charge in [-0.05, 0) is 51.4 Å². The Kier molecular flexibility index (Phi) is 5.85. The molecular formula is C32H24N2O4. The molecule has 0 saturated heterocycles. The van der Waals surface area contributed by atoms with Crippen molar-refractivity contribution >= 4 is 45.0 Å².